The van der Waals surface area contributed by atoms with E-state index < -0.39 is 10.9 Å². The molecule has 8 nitrogen and oxygen atoms in total. The monoisotopic (exact) mass is 350 g/mol. The number of benzene rings is 1. The summed E-state index contributed by atoms with van der Waals surface area (Å²) in [7, 11) is 1.19. The minimum absolute atomic E-state index is 0.0477. The molecule has 136 valence electrons. The molecule has 0 unspecified atom stereocenters. The highest BCUT2D eigenvalue weighted by atomic mass is 16.6. The Bertz CT molecular complexity index is 665. The van der Waals surface area contributed by atoms with E-state index in [-0.39, 0.29) is 29.5 Å². The summed E-state index contributed by atoms with van der Waals surface area (Å²) in [5.41, 5.74) is -0.331. The van der Waals surface area contributed by atoms with Crippen molar-refractivity contribution in [2.24, 2.45) is 11.8 Å². The summed E-state index contributed by atoms with van der Waals surface area (Å²) in [6.45, 7) is 5.23. The number of hydrogen-bond acceptors (Lipinski definition) is 6. The molecule has 0 spiro atoms. The molecule has 2 rings (SSSR count). The number of nitro benzene ring substituents is 1. The van der Waals surface area contributed by atoms with E-state index in [2.05, 4.69) is 18.6 Å². The van der Waals surface area contributed by atoms with E-state index in [0.29, 0.717) is 24.9 Å². The van der Waals surface area contributed by atoms with Crippen LogP contribution in [-0.2, 0) is 9.53 Å². The lowest BCUT2D eigenvalue weighted by molar-refractivity contribution is -0.385. The van der Waals surface area contributed by atoms with Gasteiger partial charge in [0, 0.05) is 19.2 Å². The summed E-state index contributed by atoms with van der Waals surface area (Å²) < 4.78 is 9.91. The summed E-state index contributed by atoms with van der Waals surface area (Å²) in [6, 6.07) is 3.75. The van der Waals surface area contributed by atoms with Crippen molar-refractivity contribution in [3.8, 4) is 5.75 Å². The summed E-state index contributed by atoms with van der Waals surface area (Å²) in [5, 5.41) is 11.2. The molecule has 1 saturated heterocycles. The summed E-state index contributed by atoms with van der Waals surface area (Å²) in [5.74, 6) is -0.0985. The minimum Gasteiger partial charge on any atom is -0.477 e. The van der Waals surface area contributed by atoms with Gasteiger partial charge in [0.15, 0.2) is 12.4 Å². The Balaban J connectivity index is 2.08. The number of esters is 1. The first kappa shape index (κ1) is 18.7. The SMILES string of the molecule is COC(=O)c1ccc(OCC(=O)N2C[C@H](C)C[C@H](C)C2)c([N+](=O)[O-])c1. The standard InChI is InChI=1S/C17H22N2O6/c1-11-6-12(2)9-18(8-11)16(20)10-25-15-5-4-13(17(21)24-3)7-14(15)19(22)23/h4-5,7,11-12H,6,8-10H2,1-3H3/t11-,12+. The van der Waals surface area contributed by atoms with Crippen molar-refractivity contribution in [1.29, 1.82) is 0 Å². The third kappa shape index (κ3) is 4.68. The maximum absolute atomic E-state index is 12.3. The van der Waals surface area contributed by atoms with Gasteiger partial charge in [-0.05, 0) is 30.4 Å². The Morgan fingerprint density at radius 1 is 1.28 bits per heavy atom. The van der Waals surface area contributed by atoms with Crippen molar-refractivity contribution in [3.63, 3.8) is 0 Å². The Labute approximate surface area is 145 Å². The molecule has 25 heavy (non-hydrogen) atoms. The van der Waals surface area contributed by atoms with E-state index in [1.54, 1.807) is 4.90 Å². The molecule has 0 aromatic heterocycles. The van der Waals surface area contributed by atoms with Crippen molar-refractivity contribution >= 4 is 17.6 Å². The Kier molecular flexibility index (Phi) is 5.95. The van der Waals surface area contributed by atoms with E-state index in [1.807, 2.05) is 0 Å². The largest absolute Gasteiger partial charge is 0.477 e. The first-order valence-electron chi connectivity index (χ1n) is 8.09. The molecule has 0 saturated carbocycles. The van der Waals surface area contributed by atoms with Gasteiger partial charge in [0.25, 0.3) is 5.91 Å². The lowest BCUT2D eigenvalue weighted by Crippen LogP contribution is -2.44. The number of carbonyl (C=O) groups is 2. The maximum Gasteiger partial charge on any atom is 0.338 e. The molecule has 0 bridgehead atoms. The fourth-order valence-electron chi connectivity index (χ4n) is 3.12. The average Bonchev–Trinajstić information content (AvgIpc) is 2.57. The number of carbonyl (C=O) groups excluding carboxylic acids is 2. The number of rotatable bonds is 5. The zero-order valence-corrected chi connectivity index (χ0v) is 14.6. The second-order valence-corrected chi connectivity index (χ2v) is 6.46. The van der Waals surface area contributed by atoms with Gasteiger partial charge in [0.1, 0.15) is 0 Å². The Morgan fingerprint density at radius 2 is 1.92 bits per heavy atom. The van der Waals surface area contributed by atoms with Gasteiger partial charge in [-0.2, -0.15) is 0 Å². The summed E-state index contributed by atoms with van der Waals surface area (Å²) in [4.78, 5) is 36.1. The van der Waals surface area contributed by atoms with Gasteiger partial charge in [-0.25, -0.2) is 4.79 Å². The van der Waals surface area contributed by atoms with E-state index in [0.717, 1.165) is 12.5 Å². The number of likely N-dealkylation sites (tertiary alicyclic amines) is 1. The van der Waals surface area contributed by atoms with E-state index in [9.17, 15) is 19.7 Å². The third-order valence-electron chi connectivity index (χ3n) is 4.15. The molecule has 1 fully saturated rings. The van der Waals surface area contributed by atoms with E-state index in [4.69, 9.17) is 4.74 Å². The second-order valence-electron chi connectivity index (χ2n) is 6.46. The van der Waals surface area contributed by atoms with Gasteiger partial charge in [-0.3, -0.25) is 14.9 Å². The lowest BCUT2D eigenvalue weighted by Gasteiger charge is -2.34. The van der Waals surface area contributed by atoms with Gasteiger partial charge in [-0.15, -0.1) is 0 Å². The molecule has 1 aromatic rings. The van der Waals surface area contributed by atoms with Crippen molar-refractivity contribution < 1.29 is 24.0 Å². The van der Waals surface area contributed by atoms with Gasteiger partial charge < -0.3 is 14.4 Å². The topological polar surface area (TPSA) is 99.0 Å². The van der Waals surface area contributed by atoms with Crippen molar-refractivity contribution in [2.45, 2.75) is 20.3 Å². The number of nitrogens with zero attached hydrogens (tertiary/aromatic N) is 2. The normalized spacial score (nSPS) is 20.0. The van der Waals surface area contributed by atoms with Gasteiger partial charge >= 0.3 is 11.7 Å². The van der Waals surface area contributed by atoms with Crippen LogP contribution < -0.4 is 4.74 Å². The quantitative estimate of drug-likeness (QED) is 0.459. The first-order valence-corrected chi connectivity index (χ1v) is 8.09. The number of nitro groups is 1. The van der Waals surface area contributed by atoms with Crippen LogP contribution in [0, 0.1) is 22.0 Å². The predicted octanol–water partition coefficient (Wildman–Crippen LogP) is 2.26. The van der Waals surface area contributed by atoms with Crippen molar-refractivity contribution in [1.82, 2.24) is 4.90 Å². The molecule has 0 N–H and O–H groups in total. The first-order chi connectivity index (χ1) is 11.8. The van der Waals surface area contributed by atoms with Crippen LogP contribution >= 0.6 is 0 Å². The lowest BCUT2D eigenvalue weighted by atomic mass is 9.92. The molecule has 1 aliphatic heterocycles. The average molecular weight is 350 g/mol. The maximum atomic E-state index is 12.3. The molecule has 1 heterocycles. The van der Waals surface area contributed by atoms with Crippen LogP contribution in [-0.4, -0.2) is 48.5 Å². The second kappa shape index (κ2) is 7.96. The molecule has 0 aliphatic carbocycles. The van der Waals surface area contributed by atoms with Gasteiger partial charge in [0.2, 0.25) is 0 Å². The van der Waals surface area contributed by atoms with E-state index >= 15 is 0 Å². The zero-order valence-electron chi connectivity index (χ0n) is 14.6. The molecule has 0 radical (unpaired) electrons. The third-order valence-corrected chi connectivity index (χ3v) is 4.15. The summed E-state index contributed by atoms with van der Waals surface area (Å²) in [6.07, 6.45) is 1.07. The van der Waals surface area contributed by atoms with Gasteiger partial charge in [-0.1, -0.05) is 13.8 Å². The highest BCUT2D eigenvalue weighted by Gasteiger charge is 2.26. The number of piperidine rings is 1. The van der Waals surface area contributed by atoms with Crippen LogP contribution in [0.1, 0.15) is 30.6 Å². The molecule has 8 heteroatoms. The van der Waals surface area contributed by atoms with Crippen LogP contribution in [0.4, 0.5) is 5.69 Å². The van der Waals surface area contributed by atoms with E-state index in [1.165, 1.54) is 19.2 Å². The molecule has 1 amide bonds. The number of ether oxygens (including phenoxy) is 2. The van der Waals surface area contributed by atoms with Crippen LogP contribution in [0.3, 0.4) is 0 Å². The minimum atomic E-state index is -0.679. The Morgan fingerprint density at radius 3 is 2.48 bits per heavy atom. The van der Waals surface area contributed by atoms with Crippen LogP contribution in [0.25, 0.3) is 0 Å². The molecular formula is C17H22N2O6. The van der Waals surface area contributed by atoms with Crippen LogP contribution in [0.5, 0.6) is 5.75 Å². The number of amides is 1. The van der Waals surface area contributed by atoms with Gasteiger partial charge in [0.05, 0.1) is 17.6 Å². The van der Waals surface area contributed by atoms with Crippen molar-refractivity contribution in [3.05, 3.63) is 33.9 Å². The fraction of sp³-hybridized carbons (Fsp3) is 0.529. The fourth-order valence-corrected chi connectivity index (χ4v) is 3.12. The predicted molar refractivity (Wildman–Crippen MR) is 89.5 cm³/mol. The van der Waals surface area contributed by atoms with Crippen LogP contribution in [0.15, 0.2) is 18.2 Å². The smallest absolute Gasteiger partial charge is 0.338 e. The van der Waals surface area contributed by atoms with Crippen molar-refractivity contribution in [2.75, 3.05) is 26.8 Å². The highest BCUT2D eigenvalue weighted by Crippen LogP contribution is 2.28. The zero-order chi connectivity index (χ0) is 18.6. The number of hydrogen-bond donors (Lipinski definition) is 0. The summed E-state index contributed by atoms with van der Waals surface area (Å²) >= 11 is 0. The molecule has 2 atom stereocenters. The molecular weight excluding hydrogens is 328 g/mol. The highest BCUT2D eigenvalue weighted by molar-refractivity contribution is 5.90. The number of methoxy groups -OCH3 is 1. The molecule has 1 aliphatic rings. The Hall–Kier alpha value is -2.64. The molecule has 1 aromatic carbocycles. The van der Waals surface area contributed by atoms with Crippen LogP contribution in [0.2, 0.25) is 0 Å².